The summed E-state index contributed by atoms with van der Waals surface area (Å²) >= 11 is 0. The molecular formula is C14H18FN. The molecule has 0 bridgehead atoms. The summed E-state index contributed by atoms with van der Waals surface area (Å²) in [5.74, 6) is 0.0147. The molecule has 0 aromatic heterocycles. The van der Waals surface area contributed by atoms with Gasteiger partial charge in [0.1, 0.15) is 5.82 Å². The first-order valence-corrected chi connectivity index (χ1v) is 6.30. The molecule has 0 amide bonds. The lowest BCUT2D eigenvalue weighted by atomic mass is 9.66. The molecule has 1 aliphatic carbocycles. The predicted molar refractivity (Wildman–Crippen MR) is 62.9 cm³/mol. The van der Waals surface area contributed by atoms with E-state index in [1.165, 1.54) is 24.8 Å². The van der Waals surface area contributed by atoms with Gasteiger partial charge in [-0.2, -0.15) is 0 Å². The molecule has 1 aromatic carbocycles. The normalized spacial score (nSPS) is 23.1. The quantitative estimate of drug-likeness (QED) is 0.707. The van der Waals surface area contributed by atoms with Gasteiger partial charge in [-0.25, -0.2) is 4.39 Å². The van der Waals surface area contributed by atoms with Gasteiger partial charge in [0, 0.05) is 18.5 Å². The summed E-state index contributed by atoms with van der Waals surface area (Å²) in [6.07, 6.45) is 6.10. The average molecular weight is 219 g/mol. The van der Waals surface area contributed by atoms with Gasteiger partial charge in [0.25, 0.3) is 0 Å². The molecule has 0 unspecified atom stereocenters. The number of hydrogen-bond acceptors (Lipinski definition) is 1. The molecule has 1 spiro atoms. The van der Waals surface area contributed by atoms with E-state index in [-0.39, 0.29) is 11.2 Å². The van der Waals surface area contributed by atoms with Crippen LogP contribution in [0, 0.1) is 5.82 Å². The number of nitrogens with one attached hydrogen (secondary N) is 1. The van der Waals surface area contributed by atoms with Crippen LogP contribution in [0.1, 0.15) is 43.2 Å². The summed E-state index contributed by atoms with van der Waals surface area (Å²) in [5.41, 5.74) is 2.29. The Kier molecular flexibility index (Phi) is 2.47. The third kappa shape index (κ3) is 1.47. The van der Waals surface area contributed by atoms with Crippen molar-refractivity contribution in [3.8, 4) is 0 Å². The van der Waals surface area contributed by atoms with Crippen LogP contribution in [0.3, 0.4) is 0 Å². The van der Waals surface area contributed by atoms with Crippen LogP contribution in [-0.2, 0) is 12.0 Å². The topological polar surface area (TPSA) is 12.0 Å². The fourth-order valence-electron chi connectivity index (χ4n) is 3.49. The van der Waals surface area contributed by atoms with Crippen molar-refractivity contribution in [1.82, 2.24) is 5.32 Å². The minimum atomic E-state index is 0.0147. The summed E-state index contributed by atoms with van der Waals surface area (Å²) in [6.45, 7) is 1.79. The molecule has 0 atom stereocenters. The Labute approximate surface area is 96.1 Å². The molecule has 1 saturated carbocycles. The van der Waals surface area contributed by atoms with E-state index in [0.717, 1.165) is 31.5 Å². The molecule has 3 rings (SSSR count). The summed E-state index contributed by atoms with van der Waals surface area (Å²) in [4.78, 5) is 0. The molecule has 1 heterocycles. The zero-order chi connectivity index (χ0) is 11.0. The first kappa shape index (κ1) is 10.3. The van der Waals surface area contributed by atoms with Crippen molar-refractivity contribution in [3.05, 3.63) is 35.1 Å². The standard InChI is InChI=1S/C14H18FN/c15-12-6-4-5-11-9-16-10-14(13(11)12)7-2-1-3-8-14/h4-6,16H,1-3,7-10H2. The number of halogens is 1. The molecule has 1 aromatic rings. The van der Waals surface area contributed by atoms with Gasteiger partial charge in [-0.15, -0.1) is 0 Å². The molecule has 0 radical (unpaired) electrons. The Balaban J connectivity index is 2.10. The summed E-state index contributed by atoms with van der Waals surface area (Å²) in [7, 11) is 0. The number of benzene rings is 1. The molecule has 2 aliphatic rings. The van der Waals surface area contributed by atoms with Crippen LogP contribution in [0.4, 0.5) is 4.39 Å². The lowest BCUT2D eigenvalue weighted by Gasteiger charge is -2.42. The summed E-state index contributed by atoms with van der Waals surface area (Å²) in [6, 6.07) is 5.53. The average Bonchev–Trinajstić information content (AvgIpc) is 2.30. The Morgan fingerprint density at radius 3 is 2.75 bits per heavy atom. The van der Waals surface area contributed by atoms with Gasteiger partial charge in [-0.3, -0.25) is 0 Å². The smallest absolute Gasteiger partial charge is 0.127 e. The molecule has 86 valence electrons. The third-order valence-corrected chi connectivity index (χ3v) is 4.22. The second kappa shape index (κ2) is 3.85. The van der Waals surface area contributed by atoms with Gasteiger partial charge in [0.15, 0.2) is 0 Å². The highest BCUT2D eigenvalue weighted by Gasteiger charge is 2.39. The molecule has 1 nitrogen and oxygen atoms in total. The van der Waals surface area contributed by atoms with Crippen molar-refractivity contribution in [2.24, 2.45) is 0 Å². The van der Waals surface area contributed by atoms with Crippen LogP contribution in [-0.4, -0.2) is 6.54 Å². The molecule has 2 heteroatoms. The highest BCUT2D eigenvalue weighted by Crippen LogP contribution is 2.43. The first-order chi connectivity index (χ1) is 7.82. The number of rotatable bonds is 0. The summed E-state index contributed by atoms with van der Waals surface area (Å²) in [5, 5.41) is 3.46. The van der Waals surface area contributed by atoms with Crippen LogP contribution in [0.2, 0.25) is 0 Å². The first-order valence-electron chi connectivity index (χ1n) is 6.30. The second-order valence-corrected chi connectivity index (χ2v) is 5.22. The minimum absolute atomic E-state index is 0.0147. The number of fused-ring (bicyclic) bond motifs is 2. The van der Waals surface area contributed by atoms with Gasteiger partial charge in [-0.1, -0.05) is 31.4 Å². The predicted octanol–water partition coefficient (Wildman–Crippen LogP) is 3.13. The Morgan fingerprint density at radius 2 is 1.94 bits per heavy atom. The fourth-order valence-corrected chi connectivity index (χ4v) is 3.49. The highest BCUT2D eigenvalue weighted by molar-refractivity contribution is 5.38. The van der Waals surface area contributed by atoms with Gasteiger partial charge in [0.05, 0.1) is 0 Å². The van der Waals surface area contributed by atoms with E-state index in [1.807, 2.05) is 6.07 Å². The maximum Gasteiger partial charge on any atom is 0.127 e. The van der Waals surface area contributed by atoms with Crippen molar-refractivity contribution in [1.29, 1.82) is 0 Å². The van der Waals surface area contributed by atoms with Gasteiger partial charge in [0.2, 0.25) is 0 Å². The fraction of sp³-hybridized carbons (Fsp3) is 0.571. The van der Waals surface area contributed by atoms with Crippen molar-refractivity contribution < 1.29 is 4.39 Å². The largest absolute Gasteiger partial charge is 0.312 e. The molecule has 1 N–H and O–H groups in total. The van der Waals surface area contributed by atoms with E-state index in [0.29, 0.717) is 0 Å². The van der Waals surface area contributed by atoms with Crippen LogP contribution in [0.5, 0.6) is 0 Å². The third-order valence-electron chi connectivity index (χ3n) is 4.22. The molecule has 16 heavy (non-hydrogen) atoms. The van der Waals surface area contributed by atoms with E-state index < -0.39 is 0 Å². The maximum absolute atomic E-state index is 14.1. The molecule has 0 saturated heterocycles. The monoisotopic (exact) mass is 219 g/mol. The van der Waals surface area contributed by atoms with Crippen LogP contribution in [0.15, 0.2) is 18.2 Å². The molecular weight excluding hydrogens is 201 g/mol. The molecule has 1 fully saturated rings. The van der Waals surface area contributed by atoms with Gasteiger partial charge in [-0.05, 0) is 30.0 Å². The SMILES string of the molecule is Fc1cccc2c1C1(CCCCC1)CNC2. The van der Waals surface area contributed by atoms with Crippen LogP contribution >= 0.6 is 0 Å². The summed E-state index contributed by atoms with van der Waals surface area (Å²) < 4.78 is 14.1. The Bertz CT molecular complexity index is 394. The van der Waals surface area contributed by atoms with E-state index in [9.17, 15) is 4.39 Å². The number of hydrogen-bond donors (Lipinski definition) is 1. The highest BCUT2D eigenvalue weighted by atomic mass is 19.1. The van der Waals surface area contributed by atoms with E-state index in [2.05, 4.69) is 11.4 Å². The van der Waals surface area contributed by atoms with Gasteiger partial charge >= 0.3 is 0 Å². The van der Waals surface area contributed by atoms with Crippen molar-refractivity contribution in [3.63, 3.8) is 0 Å². The lowest BCUT2D eigenvalue weighted by Crippen LogP contribution is -2.45. The van der Waals surface area contributed by atoms with Crippen molar-refractivity contribution in [2.45, 2.75) is 44.1 Å². The second-order valence-electron chi connectivity index (χ2n) is 5.22. The zero-order valence-corrected chi connectivity index (χ0v) is 9.56. The van der Waals surface area contributed by atoms with E-state index >= 15 is 0 Å². The zero-order valence-electron chi connectivity index (χ0n) is 9.56. The van der Waals surface area contributed by atoms with E-state index in [4.69, 9.17) is 0 Å². The van der Waals surface area contributed by atoms with Crippen molar-refractivity contribution in [2.75, 3.05) is 6.54 Å². The van der Waals surface area contributed by atoms with E-state index in [1.54, 1.807) is 6.07 Å². The lowest BCUT2D eigenvalue weighted by molar-refractivity contribution is 0.256. The Morgan fingerprint density at radius 1 is 1.12 bits per heavy atom. The van der Waals surface area contributed by atoms with Crippen molar-refractivity contribution >= 4 is 0 Å². The van der Waals surface area contributed by atoms with Crippen LogP contribution < -0.4 is 5.32 Å². The maximum atomic E-state index is 14.1. The molecule has 1 aliphatic heterocycles. The minimum Gasteiger partial charge on any atom is -0.312 e. The van der Waals surface area contributed by atoms with Gasteiger partial charge < -0.3 is 5.32 Å². The van der Waals surface area contributed by atoms with Crippen LogP contribution in [0.25, 0.3) is 0 Å². The Hall–Kier alpha value is -0.890.